The van der Waals surface area contributed by atoms with Gasteiger partial charge < -0.3 is 14.3 Å². The number of quaternary nitrogens is 1. The van der Waals surface area contributed by atoms with Crippen LogP contribution < -0.4 is 5.11 Å². The molecule has 3 aromatic rings. The molecule has 0 saturated carbocycles. The van der Waals surface area contributed by atoms with Crippen molar-refractivity contribution in [3.05, 3.63) is 89.7 Å². The summed E-state index contributed by atoms with van der Waals surface area (Å²) in [6.07, 6.45) is 6.12. The molecule has 2 atom stereocenters. The standard InChI is InChI=1S/C27H28N2O3/c1-29(18-14-20-12-15-28-16-13-20)17-6-7-21(19-29)32-26(30)27(31)24-10-4-2-8-22(24)23-9-3-5-11-25(23)27/h2-5,8-13,15-16,21H,6-7,14,17-19H2,1H3/t21?,29-/m1/s1. The van der Waals surface area contributed by atoms with Crippen molar-refractivity contribution in [2.24, 2.45) is 0 Å². The molecular weight excluding hydrogens is 400 g/mol. The number of hydrogen-bond donors (Lipinski definition) is 0. The molecule has 1 unspecified atom stereocenters. The molecule has 32 heavy (non-hydrogen) atoms. The van der Waals surface area contributed by atoms with Gasteiger partial charge in [0.2, 0.25) is 0 Å². The van der Waals surface area contributed by atoms with E-state index in [1.54, 1.807) is 12.1 Å². The minimum absolute atomic E-state index is 0.246. The van der Waals surface area contributed by atoms with Crippen molar-refractivity contribution in [3.8, 4) is 11.1 Å². The Morgan fingerprint density at radius 1 is 1.06 bits per heavy atom. The Labute approximate surface area is 188 Å². The van der Waals surface area contributed by atoms with E-state index in [9.17, 15) is 9.90 Å². The molecule has 2 heterocycles. The highest BCUT2D eigenvalue weighted by atomic mass is 16.6. The maximum atomic E-state index is 14.1. The maximum absolute atomic E-state index is 14.1. The molecular formula is C27H28N2O3. The fraction of sp³-hybridized carbons (Fsp3) is 0.333. The Kier molecular flexibility index (Phi) is 5.31. The Morgan fingerprint density at radius 3 is 2.34 bits per heavy atom. The third-order valence-corrected chi connectivity index (χ3v) is 7.02. The molecule has 1 aliphatic carbocycles. The van der Waals surface area contributed by atoms with Crippen molar-refractivity contribution in [1.82, 2.24) is 4.98 Å². The van der Waals surface area contributed by atoms with E-state index in [4.69, 9.17) is 4.74 Å². The summed E-state index contributed by atoms with van der Waals surface area (Å²) >= 11 is 0. The fourth-order valence-electron chi connectivity index (χ4n) is 5.27. The zero-order valence-corrected chi connectivity index (χ0v) is 18.4. The first kappa shape index (κ1) is 20.9. The maximum Gasteiger partial charge on any atom is 0.304 e. The summed E-state index contributed by atoms with van der Waals surface area (Å²) in [7, 11) is 2.22. The molecule has 2 aromatic carbocycles. The van der Waals surface area contributed by atoms with Crippen LogP contribution in [0.2, 0.25) is 0 Å². The molecule has 5 rings (SSSR count). The summed E-state index contributed by atoms with van der Waals surface area (Å²) in [6, 6.07) is 18.9. The lowest BCUT2D eigenvalue weighted by atomic mass is 9.91. The molecule has 0 spiro atoms. The highest BCUT2D eigenvalue weighted by molar-refractivity contribution is 5.95. The Hall–Kier alpha value is -3.02. The van der Waals surface area contributed by atoms with E-state index >= 15 is 0 Å². The van der Waals surface area contributed by atoms with Crippen LogP contribution in [-0.4, -0.2) is 48.2 Å². The van der Waals surface area contributed by atoms with Gasteiger partial charge in [-0.1, -0.05) is 48.5 Å². The third kappa shape index (κ3) is 3.61. The lowest BCUT2D eigenvalue weighted by Crippen LogP contribution is -2.56. The number of benzene rings is 2. The van der Waals surface area contributed by atoms with Crippen LogP contribution in [0.15, 0.2) is 73.1 Å². The smallest absolute Gasteiger partial charge is 0.304 e. The van der Waals surface area contributed by atoms with E-state index in [-0.39, 0.29) is 6.10 Å². The average Bonchev–Trinajstić information content (AvgIpc) is 3.09. The second-order valence-corrected chi connectivity index (χ2v) is 9.30. The van der Waals surface area contributed by atoms with E-state index in [0.29, 0.717) is 11.1 Å². The van der Waals surface area contributed by atoms with Gasteiger partial charge in [0.1, 0.15) is 6.54 Å². The Balaban J connectivity index is 1.34. The van der Waals surface area contributed by atoms with Gasteiger partial charge in [0.05, 0.1) is 20.1 Å². The number of carbonyl (C=O) groups excluding carboxylic acids is 1. The number of carbonyl (C=O) groups is 1. The number of piperidine rings is 1. The monoisotopic (exact) mass is 428 g/mol. The van der Waals surface area contributed by atoms with E-state index < -0.39 is 11.6 Å². The van der Waals surface area contributed by atoms with Crippen molar-refractivity contribution in [1.29, 1.82) is 0 Å². The molecule has 0 N–H and O–H groups in total. The molecule has 2 aliphatic rings. The lowest BCUT2D eigenvalue weighted by Gasteiger charge is -2.43. The lowest BCUT2D eigenvalue weighted by molar-refractivity contribution is -0.916. The first-order chi connectivity index (χ1) is 15.5. The molecule has 0 bridgehead atoms. The first-order valence-corrected chi connectivity index (χ1v) is 11.3. The number of ether oxygens (including phenoxy) is 1. The molecule has 0 amide bonds. The predicted octanol–water partition coefficient (Wildman–Crippen LogP) is 3.06. The summed E-state index contributed by atoms with van der Waals surface area (Å²) in [4.78, 5) is 17.5. The Morgan fingerprint density at radius 2 is 1.69 bits per heavy atom. The summed E-state index contributed by atoms with van der Waals surface area (Å²) in [5, 5.41) is 14.1. The number of fused-ring (bicyclic) bond motifs is 3. The van der Waals surface area contributed by atoms with Crippen molar-refractivity contribution >= 4 is 5.97 Å². The van der Waals surface area contributed by atoms with Crippen LogP contribution in [0.5, 0.6) is 0 Å². The minimum Gasteiger partial charge on any atom is -0.834 e. The van der Waals surface area contributed by atoms with E-state index in [1.807, 2.05) is 60.9 Å². The largest absolute Gasteiger partial charge is 0.834 e. The minimum atomic E-state index is -2.01. The number of likely N-dealkylation sites (tertiary alicyclic amines) is 1. The van der Waals surface area contributed by atoms with Gasteiger partial charge in [-0.2, -0.15) is 0 Å². The zero-order chi connectivity index (χ0) is 22.2. The summed E-state index contributed by atoms with van der Waals surface area (Å²) in [5.41, 5.74) is 1.91. The molecule has 5 heteroatoms. The number of hydrogen-bond acceptors (Lipinski definition) is 4. The van der Waals surface area contributed by atoms with Gasteiger partial charge in [0.15, 0.2) is 6.10 Å². The van der Waals surface area contributed by atoms with Crippen LogP contribution in [0.1, 0.15) is 29.5 Å². The van der Waals surface area contributed by atoms with Crippen LogP contribution in [0.25, 0.3) is 11.1 Å². The van der Waals surface area contributed by atoms with Crippen LogP contribution in [-0.2, 0) is 21.6 Å². The molecule has 164 valence electrons. The summed E-state index contributed by atoms with van der Waals surface area (Å²) in [5.74, 6) is -0.678. The quantitative estimate of drug-likeness (QED) is 0.463. The van der Waals surface area contributed by atoms with Crippen LogP contribution in [0.4, 0.5) is 0 Å². The average molecular weight is 429 g/mol. The summed E-state index contributed by atoms with van der Waals surface area (Å²) < 4.78 is 6.80. The van der Waals surface area contributed by atoms with Gasteiger partial charge in [-0.3, -0.25) is 9.78 Å². The number of nitrogens with zero attached hydrogens (tertiary/aromatic N) is 2. The SMILES string of the molecule is C[N@+]1(CCc2ccncc2)CCCC(OC(=O)C2([O-])c3ccccc3-c3ccccc32)C1. The van der Waals surface area contributed by atoms with Gasteiger partial charge in [-0.15, -0.1) is 0 Å². The van der Waals surface area contributed by atoms with Gasteiger partial charge in [-0.05, 0) is 46.4 Å². The molecule has 0 radical (unpaired) electrons. The van der Waals surface area contributed by atoms with Crippen LogP contribution in [0.3, 0.4) is 0 Å². The van der Waals surface area contributed by atoms with Crippen LogP contribution >= 0.6 is 0 Å². The molecule has 5 nitrogen and oxygen atoms in total. The predicted molar refractivity (Wildman–Crippen MR) is 120 cm³/mol. The summed E-state index contributed by atoms with van der Waals surface area (Å²) in [6.45, 7) is 2.75. The van der Waals surface area contributed by atoms with Gasteiger partial charge >= 0.3 is 5.97 Å². The number of esters is 1. The highest BCUT2D eigenvalue weighted by Gasteiger charge is 2.43. The molecule has 1 aromatic heterocycles. The van der Waals surface area contributed by atoms with Gasteiger partial charge in [0, 0.05) is 30.8 Å². The topological polar surface area (TPSA) is 62.2 Å². The second kappa shape index (κ2) is 8.15. The molecule has 1 saturated heterocycles. The Bertz CT molecular complexity index is 1090. The zero-order valence-electron chi connectivity index (χ0n) is 18.4. The van der Waals surface area contributed by atoms with Gasteiger partial charge in [-0.25, -0.2) is 0 Å². The third-order valence-electron chi connectivity index (χ3n) is 7.02. The van der Waals surface area contributed by atoms with E-state index in [0.717, 1.165) is 54.5 Å². The fourth-order valence-corrected chi connectivity index (χ4v) is 5.27. The second-order valence-electron chi connectivity index (χ2n) is 9.30. The van der Waals surface area contributed by atoms with E-state index in [2.05, 4.69) is 12.0 Å². The number of likely N-dealkylation sites (N-methyl/N-ethyl adjacent to an activating group) is 1. The van der Waals surface area contributed by atoms with Gasteiger partial charge in [0.25, 0.3) is 0 Å². The molecule has 1 aliphatic heterocycles. The first-order valence-electron chi connectivity index (χ1n) is 11.3. The normalized spacial score (nSPS) is 23.2. The van der Waals surface area contributed by atoms with Crippen molar-refractivity contribution < 1.29 is 19.1 Å². The van der Waals surface area contributed by atoms with Crippen molar-refractivity contribution in [3.63, 3.8) is 0 Å². The number of aromatic nitrogens is 1. The van der Waals surface area contributed by atoms with Crippen molar-refractivity contribution in [2.45, 2.75) is 31.0 Å². The number of rotatable bonds is 5. The van der Waals surface area contributed by atoms with Crippen molar-refractivity contribution in [2.75, 3.05) is 26.7 Å². The highest BCUT2D eigenvalue weighted by Crippen LogP contribution is 2.46. The molecule has 1 fully saturated rings. The van der Waals surface area contributed by atoms with E-state index in [1.165, 1.54) is 5.56 Å². The number of pyridine rings is 1. The van der Waals surface area contributed by atoms with Crippen LogP contribution in [0, 0.1) is 0 Å².